The Morgan fingerprint density at radius 1 is 0.596 bits per heavy atom. The molecule has 1 aliphatic heterocycles. The molecule has 3 heteroatoms. The number of aromatic nitrogens is 1. The molecule has 7 aromatic carbocycles. The smallest absolute Gasteiger partial charge is 0.138 e. The van der Waals surface area contributed by atoms with E-state index in [2.05, 4.69) is 205 Å². The van der Waals surface area contributed by atoms with E-state index in [0.717, 1.165) is 63.5 Å². The predicted octanol–water partition coefficient (Wildman–Crippen LogP) is 14.3. The summed E-state index contributed by atoms with van der Waals surface area (Å²) >= 11 is 0. The molecule has 0 fully saturated rings. The zero-order valence-electron chi connectivity index (χ0n) is 32.1. The van der Waals surface area contributed by atoms with Gasteiger partial charge in [0, 0.05) is 39.4 Å². The fourth-order valence-corrected chi connectivity index (χ4v) is 7.99. The van der Waals surface area contributed by atoms with Gasteiger partial charge < -0.3 is 9.47 Å². The van der Waals surface area contributed by atoms with Crippen molar-refractivity contribution in [1.82, 2.24) is 4.57 Å². The van der Waals surface area contributed by atoms with E-state index < -0.39 is 0 Å². The summed E-state index contributed by atoms with van der Waals surface area (Å²) in [6.45, 7) is 6.44. The number of allylic oxidation sites excluding steroid dienone is 4. The Bertz CT molecular complexity index is 2850. The molecule has 0 saturated carbocycles. The number of para-hydroxylation sites is 2. The van der Waals surface area contributed by atoms with Gasteiger partial charge in [0.05, 0.1) is 22.4 Å². The standard InChI is InChI=1S/C54H43N3/c1-3-50(42-25-13-6-14-26-42)55-53(36-40-21-9-4-10-22-40)56-35-17-7-8-20-39(2)46-30-19-31-47(54(46)56)44-33-34-49-48-29-15-16-32-51(48)57(52(49)38-44)45-28-18-27-43(37-45)41-23-11-5-12-24-41/h3-6,9-38H,1,7-8H2,2H3/b35-17+,39-20+,53-36+,55-50+. The van der Waals surface area contributed by atoms with E-state index in [-0.39, 0.29) is 0 Å². The number of hydrogen-bond donors (Lipinski definition) is 0. The quantitative estimate of drug-likeness (QED) is 0.142. The van der Waals surface area contributed by atoms with E-state index in [1.54, 1.807) is 0 Å². The van der Waals surface area contributed by atoms with Crippen LogP contribution in [0.4, 0.5) is 5.69 Å². The van der Waals surface area contributed by atoms with Crippen LogP contribution in [0, 0.1) is 0 Å². The average molecular weight is 734 g/mol. The first kappa shape index (κ1) is 35.5. The van der Waals surface area contributed by atoms with Crippen molar-refractivity contribution in [3.63, 3.8) is 0 Å². The molecule has 0 spiro atoms. The van der Waals surface area contributed by atoms with E-state index in [1.165, 1.54) is 38.6 Å². The number of hydrogen-bond acceptors (Lipinski definition) is 2. The molecule has 1 aromatic heterocycles. The molecule has 0 atom stereocenters. The minimum Gasteiger partial charge on any atom is -0.309 e. The summed E-state index contributed by atoms with van der Waals surface area (Å²) in [5.41, 5.74) is 14.5. The Labute approximate surface area is 335 Å². The van der Waals surface area contributed by atoms with Crippen molar-refractivity contribution in [3.8, 4) is 27.9 Å². The first-order valence-corrected chi connectivity index (χ1v) is 19.6. The third kappa shape index (κ3) is 7.08. The van der Waals surface area contributed by atoms with Crippen LogP contribution in [0.15, 0.2) is 218 Å². The van der Waals surface area contributed by atoms with Gasteiger partial charge in [-0.2, -0.15) is 0 Å². The second kappa shape index (κ2) is 15.9. The number of fused-ring (bicyclic) bond motifs is 4. The molecule has 0 radical (unpaired) electrons. The lowest BCUT2D eigenvalue weighted by Crippen LogP contribution is -2.18. The van der Waals surface area contributed by atoms with Crippen LogP contribution in [0.1, 0.15) is 36.5 Å². The summed E-state index contributed by atoms with van der Waals surface area (Å²) in [6, 6.07) is 62.6. The molecule has 8 aromatic rings. The third-order valence-corrected chi connectivity index (χ3v) is 10.8. The second-order valence-electron chi connectivity index (χ2n) is 14.4. The van der Waals surface area contributed by atoms with Crippen LogP contribution in [-0.4, -0.2) is 10.3 Å². The molecular formula is C54H43N3. The molecule has 0 saturated heterocycles. The lowest BCUT2D eigenvalue weighted by molar-refractivity contribution is 1.04. The van der Waals surface area contributed by atoms with Crippen LogP contribution in [0.3, 0.4) is 0 Å². The van der Waals surface area contributed by atoms with Gasteiger partial charge in [0.2, 0.25) is 0 Å². The Kier molecular flexibility index (Phi) is 9.87. The van der Waals surface area contributed by atoms with Gasteiger partial charge in [0.1, 0.15) is 5.82 Å². The first-order chi connectivity index (χ1) is 28.2. The fraction of sp³-hybridized carbons (Fsp3) is 0.0556. The van der Waals surface area contributed by atoms with Crippen molar-refractivity contribution < 1.29 is 0 Å². The number of nitrogens with zero attached hydrogens (tertiary/aromatic N) is 3. The van der Waals surface area contributed by atoms with Crippen LogP contribution >= 0.6 is 0 Å². The van der Waals surface area contributed by atoms with Gasteiger partial charge in [-0.3, -0.25) is 0 Å². The molecule has 274 valence electrons. The van der Waals surface area contributed by atoms with Gasteiger partial charge in [-0.15, -0.1) is 0 Å². The molecule has 1 aliphatic rings. The van der Waals surface area contributed by atoms with E-state index >= 15 is 0 Å². The van der Waals surface area contributed by atoms with Gasteiger partial charge in [-0.05, 0) is 84.0 Å². The maximum atomic E-state index is 5.42. The van der Waals surface area contributed by atoms with Crippen LogP contribution in [0.25, 0.3) is 61.4 Å². The van der Waals surface area contributed by atoms with Gasteiger partial charge in [-0.25, -0.2) is 4.99 Å². The Hall–Kier alpha value is -7.23. The molecule has 2 heterocycles. The van der Waals surface area contributed by atoms with Crippen LogP contribution in [0.5, 0.6) is 0 Å². The van der Waals surface area contributed by atoms with Gasteiger partial charge in [0.25, 0.3) is 0 Å². The normalized spacial score (nSPS) is 15.0. The summed E-state index contributed by atoms with van der Waals surface area (Å²) in [7, 11) is 0. The summed E-state index contributed by atoms with van der Waals surface area (Å²) in [4.78, 5) is 7.71. The third-order valence-electron chi connectivity index (χ3n) is 10.8. The summed E-state index contributed by atoms with van der Waals surface area (Å²) < 4.78 is 2.42. The zero-order chi connectivity index (χ0) is 38.6. The molecular weight excluding hydrogens is 691 g/mol. The minimum absolute atomic E-state index is 0.799. The van der Waals surface area contributed by atoms with Crippen molar-refractivity contribution in [2.75, 3.05) is 4.90 Å². The highest BCUT2D eigenvalue weighted by atomic mass is 15.2. The minimum atomic E-state index is 0.799. The SMILES string of the molecule is C=C/C(=N\C(=C/c1ccccc1)N1/C=C/CC/C=C(\C)c2cccc(-c3ccc4c5ccccc5n(-c5cccc(-c6ccccc6)c5)c4c3)c21)c1ccccc1. The fourth-order valence-electron chi connectivity index (χ4n) is 7.99. The molecule has 0 aliphatic carbocycles. The molecule has 0 bridgehead atoms. The zero-order valence-corrected chi connectivity index (χ0v) is 32.1. The lowest BCUT2D eigenvalue weighted by atomic mass is 9.94. The molecule has 0 N–H and O–H groups in total. The van der Waals surface area contributed by atoms with Crippen LogP contribution in [0.2, 0.25) is 0 Å². The highest BCUT2D eigenvalue weighted by molar-refractivity contribution is 6.11. The molecule has 57 heavy (non-hydrogen) atoms. The topological polar surface area (TPSA) is 20.5 Å². The lowest BCUT2D eigenvalue weighted by Gasteiger charge is -2.28. The van der Waals surface area contributed by atoms with E-state index in [1.807, 2.05) is 24.3 Å². The maximum absolute atomic E-state index is 5.42. The van der Waals surface area contributed by atoms with Crippen molar-refractivity contribution >= 4 is 44.9 Å². The largest absolute Gasteiger partial charge is 0.309 e. The van der Waals surface area contributed by atoms with Crippen molar-refractivity contribution in [1.29, 1.82) is 0 Å². The number of aliphatic imine (C=N–C) groups is 1. The summed E-state index contributed by atoms with van der Waals surface area (Å²) in [6.07, 6.45) is 12.7. The van der Waals surface area contributed by atoms with E-state index in [4.69, 9.17) is 4.99 Å². The van der Waals surface area contributed by atoms with E-state index in [0.29, 0.717) is 0 Å². The van der Waals surface area contributed by atoms with Gasteiger partial charge in [0.15, 0.2) is 0 Å². The maximum Gasteiger partial charge on any atom is 0.138 e. The number of rotatable bonds is 8. The monoisotopic (exact) mass is 733 g/mol. The van der Waals surface area contributed by atoms with Crippen molar-refractivity contribution in [2.24, 2.45) is 4.99 Å². The Morgan fingerprint density at radius 3 is 2.09 bits per heavy atom. The second-order valence-corrected chi connectivity index (χ2v) is 14.4. The molecule has 9 rings (SSSR count). The van der Waals surface area contributed by atoms with Crippen molar-refractivity contribution in [3.05, 3.63) is 229 Å². The van der Waals surface area contributed by atoms with E-state index in [9.17, 15) is 0 Å². The molecule has 0 amide bonds. The highest BCUT2D eigenvalue weighted by Gasteiger charge is 2.22. The number of anilines is 1. The summed E-state index contributed by atoms with van der Waals surface area (Å²) in [5.74, 6) is 0.799. The predicted molar refractivity (Wildman–Crippen MR) is 244 cm³/mol. The molecule has 0 unspecified atom stereocenters. The van der Waals surface area contributed by atoms with Crippen LogP contribution < -0.4 is 4.90 Å². The Morgan fingerprint density at radius 2 is 1.28 bits per heavy atom. The summed E-state index contributed by atoms with van der Waals surface area (Å²) in [5, 5.41) is 2.45. The van der Waals surface area contributed by atoms with Crippen LogP contribution in [-0.2, 0) is 0 Å². The average Bonchev–Trinajstić information content (AvgIpc) is 3.64. The Balaban J connectivity index is 1.29. The molecule has 3 nitrogen and oxygen atoms in total. The highest BCUT2D eigenvalue weighted by Crippen LogP contribution is 2.43. The van der Waals surface area contributed by atoms with Gasteiger partial charge >= 0.3 is 0 Å². The first-order valence-electron chi connectivity index (χ1n) is 19.6. The number of benzene rings is 7. The van der Waals surface area contributed by atoms with Gasteiger partial charge in [-0.1, -0.05) is 170 Å². The van der Waals surface area contributed by atoms with Crippen molar-refractivity contribution in [2.45, 2.75) is 19.8 Å².